The van der Waals surface area contributed by atoms with E-state index in [1.807, 2.05) is 101 Å². The average Bonchev–Trinajstić information content (AvgIpc) is 3.44. The third-order valence-corrected chi connectivity index (χ3v) is 16.7. The number of cyclic esters (lactones) is 1. The van der Waals surface area contributed by atoms with Crippen LogP contribution in [0.3, 0.4) is 0 Å². The van der Waals surface area contributed by atoms with Crippen LogP contribution in [-0.4, -0.2) is 133 Å². The molecule has 6 rings (SSSR count). The minimum atomic E-state index is -2.46. The molecule has 0 radical (unpaired) electrons. The second kappa shape index (κ2) is 28.7. The molecule has 4 aliphatic rings. The summed E-state index contributed by atoms with van der Waals surface area (Å²) in [6.07, 6.45) is 9.90. The van der Waals surface area contributed by atoms with Gasteiger partial charge in [0.15, 0.2) is 5.78 Å². The molecule has 3 aliphatic heterocycles. The van der Waals surface area contributed by atoms with E-state index in [-0.39, 0.29) is 42.8 Å². The number of amides is 2. The van der Waals surface area contributed by atoms with E-state index in [4.69, 9.17) is 28.4 Å². The molecule has 0 aromatic heterocycles. The predicted octanol–water partition coefficient (Wildman–Crippen LogP) is 9.59. The summed E-state index contributed by atoms with van der Waals surface area (Å²) in [5.74, 6) is -8.38. The first-order valence-corrected chi connectivity index (χ1v) is 28.1. The van der Waals surface area contributed by atoms with E-state index < -0.39 is 102 Å². The van der Waals surface area contributed by atoms with Crippen LogP contribution in [0.25, 0.3) is 10.8 Å². The van der Waals surface area contributed by atoms with Gasteiger partial charge in [-0.05, 0) is 130 Å². The SMILES string of the molecule is COC1CC2CC[C@@H](C)[C@@](O)(O2)C(=O)C(=O)N2CCCC[C@H]2C(=O)OC(C(C)CC2CC[C@@H](OC(=O)Nc3ccc4ccccc4c3)C(OC)C2)CC(=O)C(C)/C=C(/C)[C@@H](O)C(OC)C(=O)[C@H](C)CC(C)\C=C/C=C\C=C/1C. The number of fused-ring (bicyclic) bond motifs is 4. The molecule has 78 heavy (non-hydrogen) atoms. The zero-order valence-electron chi connectivity index (χ0n) is 47.5. The number of anilines is 1. The van der Waals surface area contributed by atoms with Gasteiger partial charge < -0.3 is 43.5 Å². The minimum absolute atomic E-state index is 0.000475. The smallest absolute Gasteiger partial charge is 0.411 e. The van der Waals surface area contributed by atoms with Gasteiger partial charge in [0.2, 0.25) is 5.79 Å². The number of piperidine rings is 1. The Morgan fingerprint density at radius 1 is 0.833 bits per heavy atom. The van der Waals surface area contributed by atoms with Crippen LogP contribution in [0.2, 0.25) is 0 Å². The molecule has 2 amide bonds. The molecular formula is C62H86N2O14. The summed E-state index contributed by atoms with van der Waals surface area (Å²) in [5, 5.41) is 28.5. The Bertz CT molecular complexity index is 2540. The minimum Gasteiger partial charge on any atom is -0.460 e. The van der Waals surface area contributed by atoms with Gasteiger partial charge in [0.05, 0.1) is 18.3 Å². The molecule has 9 unspecified atom stereocenters. The van der Waals surface area contributed by atoms with Crippen LogP contribution < -0.4 is 5.32 Å². The van der Waals surface area contributed by atoms with Crippen molar-refractivity contribution >= 4 is 51.8 Å². The second-order valence-electron chi connectivity index (χ2n) is 22.7. The number of carbonyl (C=O) groups excluding carboxylic acids is 6. The Morgan fingerprint density at radius 3 is 2.29 bits per heavy atom. The van der Waals surface area contributed by atoms with Crippen molar-refractivity contribution in [2.24, 2.45) is 35.5 Å². The molecule has 1 saturated carbocycles. The first-order valence-electron chi connectivity index (χ1n) is 28.1. The summed E-state index contributed by atoms with van der Waals surface area (Å²) < 4.78 is 35.9. The normalized spacial score (nSPS) is 35.5. The molecule has 3 heterocycles. The molecule has 1 aliphatic carbocycles. The third-order valence-electron chi connectivity index (χ3n) is 16.7. The molecule has 2 aromatic rings. The number of allylic oxidation sites excluding steroid dienone is 6. The van der Waals surface area contributed by atoms with Gasteiger partial charge in [-0.15, -0.1) is 0 Å². The molecule has 0 spiro atoms. The van der Waals surface area contributed by atoms with Crippen LogP contribution >= 0.6 is 0 Å². The van der Waals surface area contributed by atoms with Crippen molar-refractivity contribution < 1.29 is 67.4 Å². The van der Waals surface area contributed by atoms with E-state index in [0.29, 0.717) is 75.5 Å². The van der Waals surface area contributed by atoms with Gasteiger partial charge in [0.25, 0.3) is 11.7 Å². The van der Waals surface area contributed by atoms with E-state index in [2.05, 4.69) is 5.32 Å². The summed E-state index contributed by atoms with van der Waals surface area (Å²) in [6, 6.07) is 12.3. The van der Waals surface area contributed by atoms with Crippen molar-refractivity contribution in [1.29, 1.82) is 0 Å². The van der Waals surface area contributed by atoms with Gasteiger partial charge in [-0.1, -0.05) is 101 Å². The number of methoxy groups -OCH3 is 3. The Kier molecular flexibility index (Phi) is 22.7. The van der Waals surface area contributed by atoms with Gasteiger partial charge in [-0.25, -0.2) is 9.59 Å². The lowest BCUT2D eigenvalue weighted by Crippen LogP contribution is -2.61. The molecule has 16 nitrogen and oxygen atoms in total. The fraction of sp³-hybridized carbons (Fsp3) is 0.613. The Labute approximate surface area is 461 Å². The number of hydrogen-bond donors (Lipinski definition) is 3. The molecule has 428 valence electrons. The number of nitrogens with one attached hydrogen (secondary N) is 1. The number of esters is 1. The number of aliphatic hydroxyl groups is 2. The summed E-state index contributed by atoms with van der Waals surface area (Å²) in [6.45, 7) is 12.7. The monoisotopic (exact) mass is 1080 g/mol. The van der Waals surface area contributed by atoms with Crippen molar-refractivity contribution in [3.63, 3.8) is 0 Å². The molecule has 2 saturated heterocycles. The molecular weight excluding hydrogens is 997 g/mol. The van der Waals surface area contributed by atoms with Gasteiger partial charge >= 0.3 is 12.1 Å². The summed E-state index contributed by atoms with van der Waals surface area (Å²) in [4.78, 5) is 86.0. The third kappa shape index (κ3) is 15.9. The highest BCUT2D eigenvalue weighted by Gasteiger charge is 2.53. The largest absolute Gasteiger partial charge is 0.460 e. The van der Waals surface area contributed by atoms with Crippen molar-refractivity contribution in [2.75, 3.05) is 33.2 Å². The lowest BCUT2D eigenvalue weighted by atomic mass is 9.78. The highest BCUT2D eigenvalue weighted by molar-refractivity contribution is 6.39. The molecule has 2 bridgehead atoms. The summed E-state index contributed by atoms with van der Waals surface area (Å²) >= 11 is 0. The van der Waals surface area contributed by atoms with Crippen LogP contribution in [-0.2, 0) is 52.4 Å². The fourth-order valence-electron chi connectivity index (χ4n) is 11.8. The zero-order chi connectivity index (χ0) is 56.8. The topological polar surface area (TPSA) is 214 Å². The van der Waals surface area contributed by atoms with Crippen molar-refractivity contribution in [2.45, 2.75) is 180 Å². The first kappa shape index (κ1) is 61.8. The average molecular weight is 1080 g/mol. The summed E-state index contributed by atoms with van der Waals surface area (Å²) in [5.41, 5.74) is 1.84. The highest BCUT2D eigenvalue weighted by atomic mass is 16.6. The van der Waals surface area contributed by atoms with Crippen LogP contribution in [0.1, 0.15) is 126 Å². The Balaban J connectivity index is 1.25. The standard InChI is InChI=1S/C62H86N2O14/c1-37-18-12-11-13-19-38(2)52(73-8)35-48-27-23-43(7)62(72,78-48)58(68)59(69)64-29-17-16-22-49(64)60(70)76-53(36-50(65)39(3)31-42(6)56(67)57(75-10)55(66)41(5)30-37)40(4)32-44-24-28-51(54(33-44)74-9)77-61(71)63-47-26-25-45-20-14-15-21-46(45)34-47/h11-15,18-21,25-26,31,34,37,39-41,43-44,48-49,51-54,56-57,67,72H,16-17,22-24,27-30,32-33,35-36H2,1-10H3,(H,63,71)/b13-11-,18-12-,38-19-,42-31-/t37?,39?,40?,41-,43-,44?,48?,49+,51-,52?,53?,54?,56-,57?,62-/m1/s1. The first-order chi connectivity index (χ1) is 37.2. The van der Waals surface area contributed by atoms with E-state index in [9.17, 15) is 39.0 Å². The molecule has 15 atom stereocenters. The maximum absolute atomic E-state index is 14.6. The summed E-state index contributed by atoms with van der Waals surface area (Å²) in [7, 11) is 4.52. The predicted molar refractivity (Wildman–Crippen MR) is 297 cm³/mol. The highest BCUT2D eigenvalue weighted by Crippen LogP contribution is 2.38. The number of nitrogens with zero attached hydrogens (tertiary/aromatic N) is 1. The van der Waals surface area contributed by atoms with Gasteiger partial charge in [-0.2, -0.15) is 0 Å². The number of Topliss-reactive ketones (excluding diaryl/α,β-unsaturated/α-hetero) is 3. The van der Waals surface area contributed by atoms with E-state index in [1.165, 1.54) is 12.0 Å². The molecule has 2 aromatic carbocycles. The number of ketones is 3. The number of rotatable bonds is 8. The zero-order valence-corrected chi connectivity index (χ0v) is 47.5. The molecule has 3 N–H and O–H groups in total. The quantitative estimate of drug-likeness (QED) is 0.128. The van der Waals surface area contributed by atoms with Crippen LogP contribution in [0.5, 0.6) is 0 Å². The van der Waals surface area contributed by atoms with E-state index in [0.717, 1.165) is 16.3 Å². The lowest BCUT2D eigenvalue weighted by molar-refractivity contribution is -0.265. The number of ether oxygens (including phenoxy) is 6. The van der Waals surface area contributed by atoms with E-state index >= 15 is 0 Å². The molecule has 3 fully saturated rings. The number of carbonyl (C=O) groups is 6. The lowest BCUT2D eigenvalue weighted by Gasteiger charge is -2.42. The fourth-order valence-corrected chi connectivity index (χ4v) is 11.8. The van der Waals surface area contributed by atoms with Crippen molar-refractivity contribution in [3.8, 4) is 0 Å². The Morgan fingerprint density at radius 2 is 1.58 bits per heavy atom. The maximum Gasteiger partial charge on any atom is 0.411 e. The van der Waals surface area contributed by atoms with Crippen LogP contribution in [0.15, 0.2) is 90.1 Å². The van der Waals surface area contributed by atoms with Crippen LogP contribution in [0.4, 0.5) is 10.5 Å². The van der Waals surface area contributed by atoms with E-state index in [1.54, 1.807) is 41.1 Å². The number of benzene rings is 2. The van der Waals surface area contributed by atoms with Gasteiger partial charge in [0, 0.05) is 64.2 Å². The van der Waals surface area contributed by atoms with Crippen molar-refractivity contribution in [3.05, 3.63) is 90.1 Å². The van der Waals surface area contributed by atoms with Crippen LogP contribution in [0, 0.1) is 35.5 Å². The molecule has 16 heteroatoms. The number of aliphatic hydroxyl groups excluding tert-OH is 1. The number of hydrogen-bond acceptors (Lipinski definition) is 14. The van der Waals surface area contributed by atoms with Crippen molar-refractivity contribution in [1.82, 2.24) is 4.90 Å². The second-order valence-corrected chi connectivity index (χ2v) is 22.7. The Hall–Kier alpha value is -5.36. The van der Waals surface area contributed by atoms with Gasteiger partial charge in [-0.3, -0.25) is 24.5 Å². The maximum atomic E-state index is 14.6. The van der Waals surface area contributed by atoms with Gasteiger partial charge in [0.1, 0.15) is 36.2 Å².